The fourth-order valence-electron chi connectivity index (χ4n) is 2.50. The van der Waals surface area contributed by atoms with Crippen molar-refractivity contribution in [3.8, 4) is 0 Å². The van der Waals surface area contributed by atoms with Gasteiger partial charge in [-0.15, -0.1) is 0 Å². The lowest BCUT2D eigenvalue weighted by Crippen LogP contribution is -2.14. The molecule has 2 N–H and O–H groups in total. The Morgan fingerprint density at radius 3 is 2.35 bits per heavy atom. The van der Waals surface area contributed by atoms with Gasteiger partial charge in [-0.1, -0.05) is 24.3 Å². The van der Waals surface area contributed by atoms with Gasteiger partial charge < -0.3 is 10.6 Å². The van der Waals surface area contributed by atoms with Crippen molar-refractivity contribution >= 4 is 28.8 Å². The van der Waals surface area contributed by atoms with E-state index in [1.807, 2.05) is 31.2 Å². The van der Waals surface area contributed by atoms with Crippen LogP contribution in [0, 0.1) is 6.92 Å². The predicted molar refractivity (Wildman–Crippen MR) is 103 cm³/mol. The molecule has 0 bridgehead atoms. The molecule has 130 valence electrons. The second-order valence-electron chi connectivity index (χ2n) is 6.02. The van der Waals surface area contributed by atoms with E-state index in [1.165, 1.54) is 6.92 Å². The van der Waals surface area contributed by atoms with Crippen LogP contribution in [0.25, 0.3) is 0 Å². The molecule has 0 radical (unpaired) electrons. The Bertz CT molecular complexity index is 949. The number of nitrogens with zero attached hydrogens (tertiary/aromatic N) is 1. The number of benzene rings is 2. The van der Waals surface area contributed by atoms with E-state index in [4.69, 9.17) is 0 Å². The van der Waals surface area contributed by atoms with E-state index in [-0.39, 0.29) is 11.7 Å². The monoisotopic (exact) mass is 345 g/mol. The third kappa shape index (κ3) is 4.33. The van der Waals surface area contributed by atoms with E-state index in [9.17, 15) is 9.59 Å². The van der Waals surface area contributed by atoms with E-state index in [0.29, 0.717) is 16.9 Å². The van der Waals surface area contributed by atoms with Crippen molar-refractivity contribution in [3.05, 3.63) is 83.7 Å². The Hall–Kier alpha value is -3.47. The Morgan fingerprint density at radius 2 is 1.65 bits per heavy atom. The molecule has 3 rings (SSSR count). The third-order valence-corrected chi connectivity index (χ3v) is 3.83. The highest BCUT2D eigenvalue weighted by atomic mass is 16.2. The molecule has 0 aliphatic carbocycles. The molecule has 1 aromatic heterocycles. The summed E-state index contributed by atoms with van der Waals surface area (Å²) >= 11 is 0. The standard InChI is InChI=1S/C21H19N3O2/c1-14-5-3-7-17(11-14)23-19-9-10-20(22-13-19)21(26)24-18-8-4-6-16(12-18)15(2)25/h3-13,23H,1-2H3,(H,24,26). The molecule has 2 aromatic carbocycles. The average Bonchev–Trinajstić information content (AvgIpc) is 2.62. The minimum Gasteiger partial charge on any atom is -0.354 e. The first-order chi connectivity index (χ1) is 12.5. The summed E-state index contributed by atoms with van der Waals surface area (Å²) in [4.78, 5) is 28.0. The Balaban J connectivity index is 1.69. The number of carbonyl (C=O) groups excluding carboxylic acids is 2. The maximum absolute atomic E-state index is 12.3. The second-order valence-corrected chi connectivity index (χ2v) is 6.02. The highest BCUT2D eigenvalue weighted by Gasteiger charge is 2.09. The SMILES string of the molecule is CC(=O)c1cccc(NC(=O)c2ccc(Nc3cccc(C)c3)cn2)c1. The summed E-state index contributed by atoms with van der Waals surface area (Å²) in [6.07, 6.45) is 1.61. The largest absolute Gasteiger partial charge is 0.354 e. The van der Waals surface area contributed by atoms with E-state index in [1.54, 1.807) is 42.6 Å². The molecule has 0 saturated carbocycles. The molecule has 3 aromatic rings. The maximum Gasteiger partial charge on any atom is 0.274 e. The van der Waals surface area contributed by atoms with E-state index in [2.05, 4.69) is 15.6 Å². The first-order valence-corrected chi connectivity index (χ1v) is 8.23. The van der Waals surface area contributed by atoms with Gasteiger partial charge in [-0.25, -0.2) is 4.98 Å². The highest BCUT2D eigenvalue weighted by molar-refractivity contribution is 6.04. The zero-order valence-electron chi connectivity index (χ0n) is 14.6. The number of ketones is 1. The molecule has 0 atom stereocenters. The van der Waals surface area contributed by atoms with Crippen LogP contribution in [0.15, 0.2) is 66.9 Å². The van der Waals surface area contributed by atoms with Gasteiger partial charge in [0.2, 0.25) is 0 Å². The molecule has 26 heavy (non-hydrogen) atoms. The van der Waals surface area contributed by atoms with Gasteiger partial charge in [-0.3, -0.25) is 9.59 Å². The van der Waals surface area contributed by atoms with Crippen LogP contribution in [0.2, 0.25) is 0 Å². The number of carbonyl (C=O) groups is 2. The van der Waals surface area contributed by atoms with Crippen molar-refractivity contribution in [2.75, 3.05) is 10.6 Å². The topological polar surface area (TPSA) is 71.1 Å². The first-order valence-electron chi connectivity index (χ1n) is 8.23. The normalized spacial score (nSPS) is 10.2. The molecule has 0 spiro atoms. The molecule has 0 fully saturated rings. The number of hydrogen-bond donors (Lipinski definition) is 2. The number of amides is 1. The smallest absolute Gasteiger partial charge is 0.274 e. The van der Waals surface area contributed by atoms with Crippen LogP contribution in [0.1, 0.15) is 33.3 Å². The average molecular weight is 345 g/mol. The fourth-order valence-corrected chi connectivity index (χ4v) is 2.50. The summed E-state index contributed by atoms with van der Waals surface area (Å²) in [5.74, 6) is -0.376. The van der Waals surface area contributed by atoms with Crippen LogP contribution in [0.4, 0.5) is 17.1 Å². The molecular formula is C21H19N3O2. The summed E-state index contributed by atoms with van der Waals surface area (Å²) in [6.45, 7) is 3.51. The van der Waals surface area contributed by atoms with Crippen LogP contribution in [-0.4, -0.2) is 16.7 Å². The van der Waals surface area contributed by atoms with Crippen molar-refractivity contribution in [3.63, 3.8) is 0 Å². The molecule has 0 aliphatic rings. The van der Waals surface area contributed by atoms with Crippen LogP contribution in [0.5, 0.6) is 0 Å². The van der Waals surface area contributed by atoms with Crippen LogP contribution >= 0.6 is 0 Å². The molecule has 0 unspecified atom stereocenters. The Labute approximate surface area is 152 Å². The molecule has 1 amide bonds. The zero-order chi connectivity index (χ0) is 18.5. The van der Waals surface area contributed by atoms with Gasteiger partial charge >= 0.3 is 0 Å². The van der Waals surface area contributed by atoms with Crippen molar-refractivity contribution in [1.82, 2.24) is 4.98 Å². The Kier molecular flexibility index (Phi) is 5.08. The lowest BCUT2D eigenvalue weighted by molar-refractivity contribution is 0.100. The summed E-state index contributed by atoms with van der Waals surface area (Å²) in [5, 5.41) is 6.00. The number of hydrogen-bond acceptors (Lipinski definition) is 4. The third-order valence-electron chi connectivity index (χ3n) is 3.83. The maximum atomic E-state index is 12.3. The van der Waals surface area contributed by atoms with E-state index >= 15 is 0 Å². The summed E-state index contributed by atoms with van der Waals surface area (Å²) in [6, 6.07) is 18.3. The number of pyridine rings is 1. The molecule has 0 saturated heterocycles. The minimum absolute atomic E-state index is 0.0502. The fraction of sp³-hybridized carbons (Fsp3) is 0.0952. The second kappa shape index (κ2) is 7.61. The van der Waals surface area contributed by atoms with Crippen LogP contribution in [-0.2, 0) is 0 Å². The van der Waals surface area contributed by atoms with Crippen molar-refractivity contribution in [1.29, 1.82) is 0 Å². The van der Waals surface area contributed by atoms with Gasteiger partial charge in [0.25, 0.3) is 5.91 Å². The number of nitrogens with one attached hydrogen (secondary N) is 2. The van der Waals surface area contributed by atoms with Gasteiger partial charge in [-0.05, 0) is 55.8 Å². The number of rotatable bonds is 5. The number of aryl methyl sites for hydroxylation is 1. The van der Waals surface area contributed by atoms with E-state index < -0.39 is 0 Å². The summed E-state index contributed by atoms with van der Waals surface area (Å²) in [5.41, 5.74) is 4.33. The molecule has 1 heterocycles. The lowest BCUT2D eigenvalue weighted by atomic mass is 10.1. The van der Waals surface area contributed by atoms with Crippen molar-refractivity contribution < 1.29 is 9.59 Å². The van der Waals surface area contributed by atoms with Crippen molar-refractivity contribution in [2.24, 2.45) is 0 Å². The van der Waals surface area contributed by atoms with Crippen molar-refractivity contribution in [2.45, 2.75) is 13.8 Å². The van der Waals surface area contributed by atoms with Gasteiger partial charge in [0.05, 0.1) is 11.9 Å². The Morgan fingerprint density at radius 1 is 0.885 bits per heavy atom. The zero-order valence-corrected chi connectivity index (χ0v) is 14.6. The molecule has 0 aliphatic heterocycles. The first kappa shape index (κ1) is 17.4. The minimum atomic E-state index is -0.326. The summed E-state index contributed by atoms with van der Waals surface area (Å²) < 4.78 is 0. The molecular weight excluding hydrogens is 326 g/mol. The summed E-state index contributed by atoms with van der Waals surface area (Å²) in [7, 11) is 0. The number of Topliss-reactive ketones (excluding diaryl/α,β-unsaturated/α-hetero) is 1. The number of anilines is 3. The van der Waals surface area contributed by atoms with Gasteiger partial charge in [0.15, 0.2) is 5.78 Å². The molecule has 5 nitrogen and oxygen atoms in total. The van der Waals surface area contributed by atoms with Crippen LogP contribution in [0.3, 0.4) is 0 Å². The van der Waals surface area contributed by atoms with E-state index in [0.717, 1.165) is 16.9 Å². The quantitative estimate of drug-likeness (QED) is 0.664. The predicted octanol–water partition coefficient (Wildman–Crippen LogP) is 4.59. The van der Waals surface area contributed by atoms with Gasteiger partial charge in [-0.2, -0.15) is 0 Å². The van der Waals surface area contributed by atoms with Crippen LogP contribution < -0.4 is 10.6 Å². The van der Waals surface area contributed by atoms with Gasteiger partial charge in [0, 0.05) is 16.9 Å². The number of aromatic nitrogens is 1. The van der Waals surface area contributed by atoms with Gasteiger partial charge in [0.1, 0.15) is 5.69 Å². The lowest BCUT2D eigenvalue weighted by Gasteiger charge is -2.08. The molecule has 5 heteroatoms. The highest BCUT2D eigenvalue weighted by Crippen LogP contribution is 2.17.